The highest BCUT2D eigenvalue weighted by molar-refractivity contribution is 5.41. The maximum Gasteiger partial charge on any atom is 0.170 e. The minimum Gasteiger partial charge on any atom is -0.377 e. The van der Waals surface area contributed by atoms with Crippen LogP contribution < -0.4 is 9.47 Å². The molecule has 1 aromatic rings. The molecule has 0 saturated carbocycles. The topological polar surface area (TPSA) is 7.12 Å². The van der Waals surface area contributed by atoms with E-state index in [1.54, 1.807) is 0 Å². The van der Waals surface area contributed by atoms with Crippen LogP contribution >= 0.6 is 0 Å². The van der Waals surface area contributed by atoms with Crippen LogP contribution in [0.25, 0.3) is 0 Å². The molecule has 1 heterocycles. The van der Waals surface area contributed by atoms with Gasteiger partial charge in [-0.15, -0.1) is 0 Å². The second-order valence-electron chi connectivity index (χ2n) is 4.89. The van der Waals surface area contributed by atoms with Crippen LogP contribution in [0.2, 0.25) is 0 Å². The molecule has 1 rings (SSSR count). The zero-order chi connectivity index (χ0) is 12.0. The van der Waals surface area contributed by atoms with Gasteiger partial charge >= 0.3 is 0 Å². The van der Waals surface area contributed by atoms with E-state index in [-0.39, 0.29) is 0 Å². The number of anilines is 1. The molecule has 1 unspecified atom stereocenters. The summed E-state index contributed by atoms with van der Waals surface area (Å²) in [5.41, 5.74) is 1.26. The molecule has 90 valence electrons. The molecule has 0 saturated heterocycles. The van der Waals surface area contributed by atoms with Gasteiger partial charge in [0.2, 0.25) is 0 Å². The van der Waals surface area contributed by atoms with Gasteiger partial charge in [-0.05, 0) is 6.42 Å². The van der Waals surface area contributed by atoms with Gasteiger partial charge in [-0.25, -0.2) is 4.57 Å². The van der Waals surface area contributed by atoms with Crippen LogP contribution in [0.1, 0.15) is 33.1 Å². The van der Waals surface area contributed by atoms with Crippen molar-refractivity contribution < 1.29 is 4.57 Å². The number of hydrogen-bond acceptors (Lipinski definition) is 1. The summed E-state index contributed by atoms with van der Waals surface area (Å²) in [6.07, 6.45) is 8.33. The number of rotatable bonds is 6. The van der Waals surface area contributed by atoms with Gasteiger partial charge in [-0.3, -0.25) is 0 Å². The Morgan fingerprint density at radius 3 is 2.38 bits per heavy atom. The van der Waals surface area contributed by atoms with Gasteiger partial charge in [0.1, 0.15) is 0 Å². The third kappa shape index (κ3) is 4.21. The van der Waals surface area contributed by atoms with Crippen molar-refractivity contribution in [2.75, 3.05) is 19.0 Å². The lowest BCUT2D eigenvalue weighted by atomic mass is 10.0. The molecule has 0 N–H and O–H groups in total. The third-order valence-corrected chi connectivity index (χ3v) is 2.96. The lowest BCUT2D eigenvalue weighted by Gasteiger charge is -2.11. The fourth-order valence-corrected chi connectivity index (χ4v) is 1.87. The number of unbranched alkanes of at least 4 members (excludes halogenated alkanes) is 1. The lowest BCUT2D eigenvalue weighted by Crippen LogP contribution is -2.36. The number of hydrogen-bond donors (Lipinski definition) is 0. The van der Waals surface area contributed by atoms with E-state index in [0.29, 0.717) is 0 Å². The van der Waals surface area contributed by atoms with Gasteiger partial charge in [-0.1, -0.05) is 26.7 Å². The van der Waals surface area contributed by atoms with Crippen molar-refractivity contribution in [3.63, 3.8) is 0 Å². The number of nitrogens with zero attached hydrogens (tertiary/aromatic N) is 2. The molecular weight excluding hydrogens is 196 g/mol. The van der Waals surface area contributed by atoms with E-state index >= 15 is 0 Å². The molecule has 1 atom stereocenters. The number of aromatic nitrogens is 1. The average molecular weight is 221 g/mol. The van der Waals surface area contributed by atoms with E-state index in [1.165, 1.54) is 24.9 Å². The van der Waals surface area contributed by atoms with Crippen molar-refractivity contribution in [2.45, 2.75) is 39.7 Å². The molecule has 0 amide bonds. The summed E-state index contributed by atoms with van der Waals surface area (Å²) in [5.74, 6) is 0.773. The zero-order valence-electron chi connectivity index (χ0n) is 11.1. The molecule has 0 aliphatic rings. The fourth-order valence-electron chi connectivity index (χ4n) is 1.87. The molecular formula is C14H25N2+. The Balaban J connectivity index is 2.48. The fraction of sp³-hybridized carbons (Fsp3) is 0.643. The summed E-state index contributed by atoms with van der Waals surface area (Å²) in [7, 11) is 4.15. The minimum atomic E-state index is 0.773. The zero-order valence-corrected chi connectivity index (χ0v) is 11.1. The summed E-state index contributed by atoms with van der Waals surface area (Å²) in [5, 5.41) is 0. The van der Waals surface area contributed by atoms with E-state index in [2.05, 4.69) is 61.9 Å². The molecule has 0 aliphatic carbocycles. The summed E-state index contributed by atoms with van der Waals surface area (Å²) in [6, 6.07) is 4.35. The first kappa shape index (κ1) is 13.0. The Kier molecular flexibility index (Phi) is 5.30. The predicted molar refractivity (Wildman–Crippen MR) is 69.7 cm³/mol. The largest absolute Gasteiger partial charge is 0.377 e. The van der Waals surface area contributed by atoms with E-state index in [9.17, 15) is 0 Å². The Bertz CT molecular complexity index is 290. The Labute approximate surface area is 99.9 Å². The van der Waals surface area contributed by atoms with Gasteiger partial charge in [-0.2, -0.15) is 0 Å². The standard InChI is InChI=1S/C14H25N2/c1-5-6-7-13(2)12-16-10-8-14(9-11-16)15(3)4/h8-11,13H,5-7,12H2,1-4H3/q+1. The first-order chi connectivity index (χ1) is 7.63. The van der Waals surface area contributed by atoms with Crippen molar-refractivity contribution >= 4 is 5.69 Å². The van der Waals surface area contributed by atoms with Gasteiger partial charge in [0.15, 0.2) is 18.9 Å². The number of pyridine rings is 1. The molecule has 16 heavy (non-hydrogen) atoms. The maximum absolute atomic E-state index is 2.34. The van der Waals surface area contributed by atoms with Crippen LogP contribution in [-0.2, 0) is 6.54 Å². The SMILES string of the molecule is CCCCC(C)C[n+]1ccc(N(C)C)cc1. The van der Waals surface area contributed by atoms with Gasteiger partial charge in [0.25, 0.3) is 0 Å². The van der Waals surface area contributed by atoms with Crippen molar-refractivity contribution in [3.8, 4) is 0 Å². The van der Waals surface area contributed by atoms with E-state index in [4.69, 9.17) is 0 Å². The average Bonchev–Trinajstić information content (AvgIpc) is 2.27. The molecule has 0 aromatic carbocycles. The summed E-state index contributed by atoms with van der Waals surface area (Å²) < 4.78 is 2.29. The van der Waals surface area contributed by atoms with E-state index in [1.807, 2.05) is 0 Å². The van der Waals surface area contributed by atoms with Crippen LogP contribution in [0.3, 0.4) is 0 Å². The van der Waals surface area contributed by atoms with Crippen LogP contribution in [-0.4, -0.2) is 14.1 Å². The lowest BCUT2D eigenvalue weighted by molar-refractivity contribution is -0.702. The first-order valence-corrected chi connectivity index (χ1v) is 6.30. The smallest absolute Gasteiger partial charge is 0.170 e. The predicted octanol–water partition coefficient (Wildman–Crippen LogP) is 2.87. The van der Waals surface area contributed by atoms with Crippen molar-refractivity contribution in [2.24, 2.45) is 5.92 Å². The third-order valence-electron chi connectivity index (χ3n) is 2.96. The maximum atomic E-state index is 2.34. The van der Waals surface area contributed by atoms with E-state index in [0.717, 1.165) is 12.5 Å². The summed E-state index contributed by atoms with van der Waals surface area (Å²) >= 11 is 0. The Hall–Kier alpha value is -1.05. The van der Waals surface area contributed by atoms with Crippen molar-refractivity contribution in [3.05, 3.63) is 24.5 Å². The van der Waals surface area contributed by atoms with Crippen LogP contribution in [0.5, 0.6) is 0 Å². The highest BCUT2D eigenvalue weighted by atomic mass is 15.1. The molecule has 0 radical (unpaired) electrons. The van der Waals surface area contributed by atoms with Crippen LogP contribution in [0.4, 0.5) is 5.69 Å². The molecule has 0 bridgehead atoms. The van der Waals surface area contributed by atoms with Gasteiger partial charge < -0.3 is 4.90 Å². The molecule has 0 spiro atoms. The Morgan fingerprint density at radius 1 is 1.25 bits per heavy atom. The monoisotopic (exact) mass is 221 g/mol. The molecule has 0 fully saturated rings. The normalized spacial score (nSPS) is 12.5. The van der Waals surface area contributed by atoms with Gasteiger partial charge in [0, 0.05) is 37.8 Å². The quantitative estimate of drug-likeness (QED) is 0.670. The molecule has 1 aromatic heterocycles. The Morgan fingerprint density at radius 2 is 1.88 bits per heavy atom. The highest BCUT2D eigenvalue weighted by Crippen LogP contribution is 2.09. The second-order valence-corrected chi connectivity index (χ2v) is 4.89. The highest BCUT2D eigenvalue weighted by Gasteiger charge is 2.08. The van der Waals surface area contributed by atoms with Crippen molar-refractivity contribution in [1.82, 2.24) is 0 Å². The van der Waals surface area contributed by atoms with Crippen molar-refractivity contribution in [1.29, 1.82) is 0 Å². The van der Waals surface area contributed by atoms with Gasteiger partial charge in [0.05, 0.1) is 0 Å². The summed E-state index contributed by atoms with van der Waals surface area (Å²) in [6.45, 7) is 5.72. The first-order valence-electron chi connectivity index (χ1n) is 6.30. The summed E-state index contributed by atoms with van der Waals surface area (Å²) in [4.78, 5) is 2.13. The van der Waals surface area contributed by atoms with Crippen LogP contribution in [0, 0.1) is 5.92 Å². The molecule has 2 heteroatoms. The van der Waals surface area contributed by atoms with Crippen LogP contribution in [0.15, 0.2) is 24.5 Å². The van der Waals surface area contributed by atoms with E-state index < -0.39 is 0 Å². The second kappa shape index (κ2) is 6.51. The molecule has 2 nitrogen and oxygen atoms in total. The molecule has 0 aliphatic heterocycles. The minimum absolute atomic E-state index is 0.773.